The summed E-state index contributed by atoms with van der Waals surface area (Å²) in [6.45, 7) is 8.44. The molecule has 1 rings (SSSR count). The normalized spacial score (nSPS) is 13.1. The second-order valence-electron chi connectivity index (χ2n) is 5.01. The Kier molecular flexibility index (Phi) is 10.6. The summed E-state index contributed by atoms with van der Waals surface area (Å²) in [5.74, 6) is 0. The Morgan fingerprint density at radius 2 is 1.52 bits per heavy atom. The molecule has 0 saturated carbocycles. The Labute approximate surface area is 167 Å². The molecule has 0 saturated heterocycles. The average molecular weight is 565 g/mol. The van der Waals surface area contributed by atoms with Crippen molar-refractivity contribution in [2.24, 2.45) is 0 Å². The van der Waals surface area contributed by atoms with Crippen molar-refractivity contribution in [2.45, 2.75) is 26.4 Å². The quantitative estimate of drug-likeness (QED) is 0.197. The second-order valence-corrected chi connectivity index (χ2v) is 9.54. The summed E-state index contributed by atoms with van der Waals surface area (Å²) in [6, 6.07) is 8.29. The van der Waals surface area contributed by atoms with E-state index in [0.29, 0.717) is 13.2 Å². The van der Waals surface area contributed by atoms with Gasteiger partial charge in [-0.25, -0.2) is 0 Å². The summed E-state index contributed by atoms with van der Waals surface area (Å²) in [4.78, 5) is 2.37. The predicted octanol–water partition coefficient (Wildman–Crippen LogP) is 5.69. The standard InChI is InChI=1S/C16H26I2NO3P/c1-4-21-23(20,22-5-2)14(3)15-6-8-16(9-7-15)19(12-10-17)13-11-18/h6-9,14H,4-5,10-13H2,1-3H3. The molecule has 1 unspecified atom stereocenters. The molecule has 7 heteroatoms. The molecular weight excluding hydrogens is 539 g/mol. The van der Waals surface area contributed by atoms with Gasteiger partial charge in [-0.1, -0.05) is 57.3 Å². The number of hydrogen-bond donors (Lipinski definition) is 0. The molecule has 132 valence electrons. The maximum atomic E-state index is 12.9. The molecule has 0 amide bonds. The van der Waals surface area contributed by atoms with E-state index < -0.39 is 7.60 Å². The van der Waals surface area contributed by atoms with E-state index in [1.807, 2.05) is 32.9 Å². The summed E-state index contributed by atoms with van der Waals surface area (Å²) < 4.78 is 26.0. The van der Waals surface area contributed by atoms with Crippen LogP contribution in [0.2, 0.25) is 0 Å². The van der Waals surface area contributed by atoms with Gasteiger partial charge in [-0.3, -0.25) is 4.57 Å². The van der Waals surface area contributed by atoms with Crippen LogP contribution >= 0.6 is 52.8 Å². The highest BCUT2D eigenvalue weighted by Crippen LogP contribution is 2.60. The molecule has 0 aliphatic carbocycles. The van der Waals surface area contributed by atoms with Gasteiger partial charge in [0.05, 0.1) is 18.9 Å². The van der Waals surface area contributed by atoms with Gasteiger partial charge in [-0.2, -0.15) is 0 Å². The highest BCUT2D eigenvalue weighted by atomic mass is 127. The number of alkyl halides is 2. The van der Waals surface area contributed by atoms with Gasteiger partial charge in [-0.05, 0) is 38.5 Å². The lowest BCUT2D eigenvalue weighted by Gasteiger charge is -2.26. The fraction of sp³-hybridized carbons (Fsp3) is 0.625. The van der Waals surface area contributed by atoms with Crippen LogP contribution in [0.25, 0.3) is 0 Å². The van der Waals surface area contributed by atoms with E-state index >= 15 is 0 Å². The highest BCUT2D eigenvalue weighted by Gasteiger charge is 2.33. The first kappa shape index (κ1) is 21.7. The van der Waals surface area contributed by atoms with Gasteiger partial charge < -0.3 is 13.9 Å². The molecule has 1 aromatic rings. The summed E-state index contributed by atoms with van der Waals surface area (Å²) in [5.41, 5.74) is 1.93. The molecular formula is C16H26I2NO3P. The summed E-state index contributed by atoms with van der Waals surface area (Å²) in [5, 5.41) is 0. The molecule has 1 aromatic carbocycles. The summed E-state index contributed by atoms with van der Waals surface area (Å²) in [6.07, 6.45) is 0. The van der Waals surface area contributed by atoms with Gasteiger partial charge in [-0.15, -0.1) is 0 Å². The molecule has 1 atom stereocenters. The topological polar surface area (TPSA) is 38.8 Å². The molecule has 0 heterocycles. The molecule has 0 radical (unpaired) electrons. The first-order chi connectivity index (χ1) is 11.0. The van der Waals surface area contributed by atoms with E-state index in [2.05, 4.69) is 62.2 Å². The minimum atomic E-state index is -3.11. The van der Waals surface area contributed by atoms with E-state index in [-0.39, 0.29) is 5.66 Å². The van der Waals surface area contributed by atoms with Crippen LogP contribution in [-0.4, -0.2) is 35.2 Å². The third-order valence-electron chi connectivity index (χ3n) is 3.54. The molecule has 23 heavy (non-hydrogen) atoms. The lowest BCUT2D eigenvalue weighted by atomic mass is 10.1. The third kappa shape index (κ3) is 6.45. The molecule has 0 spiro atoms. The first-order valence-corrected chi connectivity index (χ1v) is 12.5. The smallest absolute Gasteiger partial charge is 0.337 e. The number of rotatable bonds is 11. The van der Waals surface area contributed by atoms with Crippen molar-refractivity contribution >= 4 is 58.5 Å². The Bertz CT molecular complexity index is 483. The van der Waals surface area contributed by atoms with E-state index in [1.54, 1.807) is 0 Å². The fourth-order valence-electron chi connectivity index (χ4n) is 2.34. The van der Waals surface area contributed by atoms with Crippen LogP contribution in [0, 0.1) is 0 Å². The van der Waals surface area contributed by atoms with Gasteiger partial charge >= 0.3 is 7.60 Å². The van der Waals surface area contributed by atoms with Crippen LogP contribution in [0.4, 0.5) is 5.69 Å². The van der Waals surface area contributed by atoms with Crippen LogP contribution in [0.5, 0.6) is 0 Å². The van der Waals surface area contributed by atoms with Crippen molar-refractivity contribution in [3.63, 3.8) is 0 Å². The van der Waals surface area contributed by atoms with Crippen LogP contribution in [0.1, 0.15) is 32.0 Å². The van der Waals surface area contributed by atoms with Crippen LogP contribution in [0.15, 0.2) is 24.3 Å². The van der Waals surface area contributed by atoms with Gasteiger partial charge in [0, 0.05) is 27.6 Å². The molecule has 0 bridgehead atoms. The molecule has 0 aromatic heterocycles. The summed E-state index contributed by atoms with van der Waals surface area (Å²) >= 11 is 4.80. The van der Waals surface area contributed by atoms with Crippen LogP contribution in [-0.2, 0) is 13.6 Å². The molecule has 0 fully saturated rings. The van der Waals surface area contributed by atoms with Crippen molar-refractivity contribution in [3.05, 3.63) is 29.8 Å². The maximum Gasteiger partial charge on any atom is 0.337 e. The second kappa shape index (κ2) is 11.3. The zero-order valence-corrected chi connectivity index (χ0v) is 19.2. The number of nitrogens with zero attached hydrogens (tertiary/aromatic N) is 1. The van der Waals surface area contributed by atoms with Crippen molar-refractivity contribution in [1.29, 1.82) is 0 Å². The van der Waals surface area contributed by atoms with E-state index in [4.69, 9.17) is 9.05 Å². The highest BCUT2D eigenvalue weighted by molar-refractivity contribution is 14.1. The molecule has 0 aliphatic heterocycles. The zero-order valence-electron chi connectivity index (χ0n) is 14.0. The van der Waals surface area contributed by atoms with Gasteiger partial charge in [0.2, 0.25) is 0 Å². The Hall–Kier alpha value is 0.630. The summed E-state index contributed by atoms with van der Waals surface area (Å²) in [7, 11) is -3.11. The molecule has 4 nitrogen and oxygen atoms in total. The Morgan fingerprint density at radius 1 is 1.04 bits per heavy atom. The number of benzene rings is 1. The minimum absolute atomic E-state index is 0.265. The Morgan fingerprint density at radius 3 is 1.91 bits per heavy atom. The van der Waals surface area contributed by atoms with Crippen molar-refractivity contribution in [1.82, 2.24) is 0 Å². The minimum Gasteiger partial charge on any atom is -0.370 e. The number of anilines is 1. The van der Waals surface area contributed by atoms with E-state index in [1.165, 1.54) is 5.69 Å². The monoisotopic (exact) mass is 565 g/mol. The predicted molar refractivity (Wildman–Crippen MR) is 116 cm³/mol. The average Bonchev–Trinajstić information content (AvgIpc) is 2.54. The zero-order chi connectivity index (χ0) is 17.3. The van der Waals surface area contributed by atoms with Gasteiger partial charge in [0.1, 0.15) is 0 Å². The third-order valence-corrected chi connectivity index (χ3v) is 6.99. The van der Waals surface area contributed by atoms with E-state index in [9.17, 15) is 4.57 Å². The molecule has 0 N–H and O–H groups in total. The van der Waals surface area contributed by atoms with Crippen molar-refractivity contribution in [2.75, 3.05) is 40.1 Å². The van der Waals surface area contributed by atoms with Crippen molar-refractivity contribution < 1.29 is 13.6 Å². The largest absolute Gasteiger partial charge is 0.370 e. The van der Waals surface area contributed by atoms with Crippen LogP contribution in [0.3, 0.4) is 0 Å². The lowest BCUT2D eigenvalue weighted by Crippen LogP contribution is -2.27. The molecule has 0 aliphatic rings. The SMILES string of the molecule is CCOP(=O)(OCC)C(C)c1ccc(N(CCI)CCI)cc1. The number of halogens is 2. The van der Waals surface area contributed by atoms with Crippen molar-refractivity contribution in [3.8, 4) is 0 Å². The lowest BCUT2D eigenvalue weighted by molar-refractivity contribution is 0.213. The maximum absolute atomic E-state index is 12.9. The first-order valence-electron chi connectivity index (χ1n) is 7.88. The fourth-order valence-corrected chi connectivity index (χ4v) is 5.28. The van der Waals surface area contributed by atoms with E-state index in [0.717, 1.165) is 27.5 Å². The van der Waals surface area contributed by atoms with Gasteiger partial charge in [0.25, 0.3) is 0 Å². The van der Waals surface area contributed by atoms with Crippen LogP contribution < -0.4 is 4.90 Å². The Balaban J connectivity index is 2.95. The van der Waals surface area contributed by atoms with Gasteiger partial charge in [0.15, 0.2) is 0 Å². The number of hydrogen-bond acceptors (Lipinski definition) is 4.